The zero-order valence-corrected chi connectivity index (χ0v) is 8.13. The molecule has 1 aromatic heterocycles. The van der Waals surface area contributed by atoms with Crippen molar-refractivity contribution in [2.45, 2.75) is 0 Å². The highest BCUT2D eigenvalue weighted by Crippen LogP contribution is 2.19. The molecule has 0 aliphatic heterocycles. The van der Waals surface area contributed by atoms with Crippen LogP contribution >= 0.6 is 15.9 Å². The lowest BCUT2D eigenvalue weighted by atomic mass is 10.4. The van der Waals surface area contributed by atoms with Crippen LogP contribution in [-0.2, 0) is 0 Å². The summed E-state index contributed by atoms with van der Waals surface area (Å²) in [7, 11) is 0. The average molecular weight is 263 g/mol. The highest BCUT2D eigenvalue weighted by molar-refractivity contribution is 9.11. The van der Waals surface area contributed by atoms with E-state index in [0.717, 1.165) is 12.1 Å². The molecule has 7 nitrogen and oxygen atoms in total. The van der Waals surface area contributed by atoms with Gasteiger partial charge in [0.1, 0.15) is 10.7 Å². The second-order valence-electron chi connectivity index (χ2n) is 2.16. The molecule has 0 unspecified atom stereocenters. The summed E-state index contributed by atoms with van der Waals surface area (Å²) in [6.45, 7) is 0. The van der Waals surface area contributed by atoms with E-state index >= 15 is 0 Å². The van der Waals surface area contributed by atoms with Crippen LogP contribution in [0.1, 0.15) is 5.76 Å². The molecule has 0 N–H and O–H groups in total. The van der Waals surface area contributed by atoms with Crippen molar-refractivity contribution in [1.29, 1.82) is 0 Å². The van der Waals surface area contributed by atoms with Crippen LogP contribution in [0.2, 0.25) is 0 Å². The summed E-state index contributed by atoms with van der Waals surface area (Å²) in [6.07, 6.45) is 1.03. The standard InChI is InChI=1S/C6H3BrN2O5/c7-5(8(10)11)3-4-1-2-6(14-4)9(12)13/h1-3H/b5-3+. The summed E-state index contributed by atoms with van der Waals surface area (Å²) in [5, 5.41) is 20.3. The van der Waals surface area contributed by atoms with Crippen molar-refractivity contribution in [2.24, 2.45) is 0 Å². The maximum atomic E-state index is 10.2. The summed E-state index contributed by atoms with van der Waals surface area (Å²) in [4.78, 5) is 18.9. The first-order valence-corrected chi connectivity index (χ1v) is 4.06. The molecule has 8 heteroatoms. The van der Waals surface area contributed by atoms with Gasteiger partial charge < -0.3 is 4.42 Å². The van der Waals surface area contributed by atoms with Crippen LogP contribution in [0.15, 0.2) is 21.2 Å². The van der Waals surface area contributed by atoms with Crippen molar-refractivity contribution in [3.05, 3.63) is 42.7 Å². The number of halogens is 1. The molecule has 0 aliphatic rings. The maximum Gasteiger partial charge on any atom is 0.433 e. The second kappa shape index (κ2) is 4.01. The molecule has 74 valence electrons. The zero-order valence-electron chi connectivity index (χ0n) is 6.55. The van der Waals surface area contributed by atoms with Crippen LogP contribution in [0.25, 0.3) is 6.08 Å². The van der Waals surface area contributed by atoms with Gasteiger partial charge in [-0.1, -0.05) is 0 Å². The van der Waals surface area contributed by atoms with Gasteiger partial charge in [-0.15, -0.1) is 0 Å². The third-order valence-corrected chi connectivity index (χ3v) is 1.75. The minimum Gasteiger partial charge on any atom is -0.401 e. The smallest absolute Gasteiger partial charge is 0.401 e. The molecule has 0 bridgehead atoms. The zero-order chi connectivity index (χ0) is 10.7. The van der Waals surface area contributed by atoms with Crippen molar-refractivity contribution in [1.82, 2.24) is 0 Å². The van der Waals surface area contributed by atoms with Crippen molar-refractivity contribution in [3.63, 3.8) is 0 Å². The molecule has 1 rings (SSSR count). The highest BCUT2D eigenvalue weighted by atomic mass is 79.9. The van der Waals surface area contributed by atoms with E-state index in [1.54, 1.807) is 0 Å². The van der Waals surface area contributed by atoms with Gasteiger partial charge in [-0.25, -0.2) is 0 Å². The molecule has 0 saturated heterocycles. The summed E-state index contributed by atoms with van der Waals surface area (Å²) in [5.74, 6) is -0.417. The van der Waals surface area contributed by atoms with Crippen molar-refractivity contribution in [3.8, 4) is 0 Å². The Kier molecular flexibility index (Phi) is 2.97. The van der Waals surface area contributed by atoms with E-state index < -0.39 is 15.7 Å². The Labute approximate surface area is 85.4 Å². The van der Waals surface area contributed by atoms with Gasteiger partial charge >= 0.3 is 10.5 Å². The first-order chi connectivity index (χ1) is 6.50. The minimum absolute atomic E-state index is 0.0419. The summed E-state index contributed by atoms with van der Waals surface area (Å²) >= 11 is 2.66. The predicted octanol–water partition coefficient (Wildman–Crippen LogP) is 2.16. The Morgan fingerprint density at radius 3 is 2.50 bits per heavy atom. The van der Waals surface area contributed by atoms with Crippen molar-refractivity contribution < 1.29 is 14.3 Å². The fourth-order valence-electron chi connectivity index (χ4n) is 0.688. The van der Waals surface area contributed by atoms with Gasteiger partial charge in [0, 0.05) is 15.9 Å². The predicted molar refractivity (Wildman–Crippen MR) is 49.3 cm³/mol. The summed E-state index contributed by atoms with van der Waals surface area (Å²) < 4.78 is 4.32. The van der Waals surface area contributed by atoms with Gasteiger partial charge in [0.25, 0.3) is 0 Å². The Morgan fingerprint density at radius 2 is 2.07 bits per heavy atom. The molecule has 1 heterocycles. The van der Waals surface area contributed by atoms with E-state index in [1.807, 2.05) is 0 Å². The van der Waals surface area contributed by atoms with E-state index in [2.05, 4.69) is 20.3 Å². The second-order valence-corrected chi connectivity index (χ2v) is 2.97. The van der Waals surface area contributed by atoms with Crippen LogP contribution < -0.4 is 0 Å². The normalized spacial score (nSPS) is 11.4. The molecular formula is C6H3BrN2O5. The number of nitro groups is 2. The van der Waals surface area contributed by atoms with Gasteiger partial charge in [0.2, 0.25) is 0 Å². The quantitative estimate of drug-likeness (QED) is 0.472. The maximum absolute atomic E-state index is 10.2. The van der Waals surface area contributed by atoms with Crippen LogP contribution in [-0.4, -0.2) is 9.85 Å². The summed E-state index contributed by atoms with van der Waals surface area (Å²) in [6, 6.07) is 2.38. The molecule has 1 aromatic rings. The Morgan fingerprint density at radius 1 is 1.43 bits per heavy atom. The van der Waals surface area contributed by atoms with E-state index in [4.69, 9.17) is 0 Å². The first kappa shape index (κ1) is 10.4. The van der Waals surface area contributed by atoms with Crippen molar-refractivity contribution in [2.75, 3.05) is 0 Å². The lowest BCUT2D eigenvalue weighted by molar-refractivity contribution is -0.407. The molecule has 0 saturated carbocycles. The van der Waals surface area contributed by atoms with Crippen molar-refractivity contribution >= 4 is 27.9 Å². The van der Waals surface area contributed by atoms with Crippen LogP contribution in [0.5, 0.6) is 0 Å². The minimum atomic E-state index is -0.725. The fraction of sp³-hybridized carbons (Fsp3) is 0. The number of hydrogen-bond donors (Lipinski definition) is 0. The van der Waals surface area contributed by atoms with Gasteiger partial charge in [-0.2, -0.15) is 0 Å². The average Bonchev–Trinajstić information content (AvgIpc) is 2.52. The molecule has 0 aromatic carbocycles. The first-order valence-electron chi connectivity index (χ1n) is 3.26. The number of rotatable bonds is 3. The van der Waals surface area contributed by atoms with Crippen LogP contribution in [0.4, 0.5) is 5.88 Å². The van der Waals surface area contributed by atoms with Gasteiger partial charge in [0.15, 0.2) is 0 Å². The van der Waals surface area contributed by atoms with E-state index in [0.29, 0.717) is 0 Å². The number of hydrogen-bond acceptors (Lipinski definition) is 5. The largest absolute Gasteiger partial charge is 0.433 e. The van der Waals surface area contributed by atoms with Crippen LogP contribution in [0, 0.1) is 20.2 Å². The molecule has 0 amide bonds. The Hall–Kier alpha value is -1.70. The number of furan rings is 1. The van der Waals surface area contributed by atoms with E-state index in [-0.39, 0.29) is 10.4 Å². The third kappa shape index (κ3) is 2.39. The van der Waals surface area contributed by atoms with Crippen LogP contribution in [0.3, 0.4) is 0 Å². The van der Waals surface area contributed by atoms with Gasteiger partial charge in [-0.05, 0) is 6.07 Å². The molecule has 0 spiro atoms. The monoisotopic (exact) mass is 262 g/mol. The highest BCUT2D eigenvalue weighted by Gasteiger charge is 2.13. The van der Waals surface area contributed by atoms with E-state index in [9.17, 15) is 20.2 Å². The van der Waals surface area contributed by atoms with Gasteiger partial charge in [-0.3, -0.25) is 20.2 Å². The Bertz CT molecular complexity index is 410. The lowest BCUT2D eigenvalue weighted by Crippen LogP contribution is -1.89. The van der Waals surface area contributed by atoms with Gasteiger partial charge in [0.05, 0.1) is 17.1 Å². The molecule has 0 fully saturated rings. The Balaban J connectivity index is 2.93. The molecule has 14 heavy (non-hydrogen) atoms. The molecular weight excluding hydrogens is 260 g/mol. The SMILES string of the molecule is O=[N+]([O-])/C(Br)=C/c1ccc([N+](=O)[O-])o1. The third-order valence-electron chi connectivity index (χ3n) is 1.23. The molecule has 0 aliphatic carbocycles. The fourth-order valence-corrected chi connectivity index (χ4v) is 0.914. The topological polar surface area (TPSA) is 99.4 Å². The lowest BCUT2D eigenvalue weighted by Gasteiger charge is -1.85. The molecule has 0 radical (unpaired) electrons. The summed E-state index contributed by atoms with van der Waals surface area (Å²) in [5.41, 5.74) is 0. The van der Waals surface area contributed by atoms with E-state index in [1.165, 1.54) is 6.07 Å². The molecule has 0 atom stereocenters. The number of nitrogens with zero attached hydrogens (tertiary/aromatic N) is 2.